The molecule has 0 spiro atoms. The summed E-state index contributed by atoms with van der Waals surface area (Å²) in [6, 6.07) is 20.4. The quantitative estimate of drug-likeness (QED) is 0.170. The molecule has 3 amide bonds. The maximum absolute atomic E-state index is 11.9. The van der Waals surface area contributed by atoms with Crippen LogP contribution >= 0.6 is 0 Å². The van der Waals surface area contributed by atoms with Crippen LogP contribution < -0.4 is 25.0 Å². The van der Waals surface area contributed by atoms with E-state index in [0.29, 0.717) is 51.0 Å². The van der Waals surface area contributed by atoms with E-state index in [1.807, 2.05) is 0 Å². The molecule has 3 N–H and O–H groups in total. The SMILES string of the molecule is C=C(C)C(=O)Nc1ccc([O][Sb]([O]c2ccc(NC(=O)C(=C)C)cc2)[O]c2ccc(NC(=O)C(=C)C)cc2)cc1. The van der Waals surface area contributed by atoms with E-state index in [1.54, 1.807) is 93.6 Å². The Hall–Kier alpha value is -4.49. The summed E-state index contributed by atoms with van der Waals surface area (Å²) in [7, 11) is 0. The Morgan fingerprint density at radius 3 is 0.925 bits per heavy atom. The zero-order valence-electron chi connectivity index (χ0n) is 22.4. The van der Waals surface area contributed by atoms with E-state index in [0.717, 1.165) is 0 Å². The van der Waals surface area contributed by atoms with Crippen molar-refractivity contribution in [1.29, 1.82) is 0 Å². The summed E-state index contributed by atoms with van der Waals surface area (Å²) < 4.78 is 18.4. The van der Waals surface area contributed by atoms with Crippen molar-refractivity contribution >= 4 is 56.3 Å². The molecule has 40 heavy (non-hydrogen) atoms. The number of anilines is 3. The Kier molecular flexibility index (Phi) is 10.6. The normalized spacial score (nSPS) is 10.2. The summed E-state index contributed by atoms with van der Waals surface area (Å²) in [5.41, 5.74) is 2.95. The van der Waals surface area contributed by atoms with E-state index in [2.05, 4.69) is 35.7 Å². The first-order valence-corrected chi connectivity index (χ1v) is 15.2. The minimum absolute atomic E-state index is 0.277. The molecule has 0 aliphatic rings. The topological polar surface area (TPSA) is 115 Å². The molecule has 3 rings (SSSR count). The minimum atomic E-state index is -3.44. The first-order valence-electron chi connectivity index (χ1n) is 12.0. The third kappa shape index (κ3) is 9.36. The third-order valence-corrected chi connectivity index (χ3v) is 8.12. The van der Waals surface area contributed by atoms with Gasteiger partial charge >= 0.3 is 243 Å². The van der Waals surface area contributed by atoms with Crippen LogP contribution in [0.15, 0.2) is 109 Å². The van der Waals surface area contributed by atoms with Gasteiger partial charge in [-0.25, -0.2) is 0 Å². The molecule has 206 valence electrons. The molecule has 0 unspecified atom stereocenters. The second-order valence-corrected chi connectivity index (χ2v) is 11.6. The van der Waals surface area contributed by atoms with E-state index in [1.165, 1.54) is 0 Å². The number of nitrogens with one attached hydrogen (secondary N) is 3. The third-order valence-electron chi connectivity index (χ3n) is 5.04. The molecule has 10 heteroatoms. The second-order valence-electron chi connectivity index (χ2n) is 8.77. The van der Waals surface area contributed by atoms with Crippen molar-refractivity contribution < 1.29 is 23.4 Å². The predicted molar refractivity (Wildman–Crippen MR) is 157 cm³/mol. The van der Waals surface area contributed by atoms with Gasteiger partial charge in [-0.15, -0.1) is 0 Å². The number of benzene rings is 3. The monoisotopic (exact) mass is 649 g/mol. The zero-order chi connectivity index (χ0) is 29.2. The van der Waals surface area contributed by atoms with Crippen LogP contribution in [0.2, 0.25) is 0 Å². The van der Waals surface area contributed by atoms with Crippen LogP contribution in [0.1, 0.15) is 20.8 Å². The van der Waals surface area contributed by atoms with E-state index < -0.39 is 21.5 Å². The van der Waals surface area contributed by atoms with Gasteiger partial charge in [0.1, 0.15) is 0 Å². The Morgan fingerprint density at radius 1 is 0.500 bits per heavy atom. The fraction of sp³-hybridized carbons (Fsp3) is 0.100. The fourth-order valence-corrected chi connectivity index (χ4v) is 5.66. The van der Waals surface area contributed by atoms with Crippen molar-refractivity contribution in [3.8, 4) is 17.2 Å². The van der Waals surface area contributed by atoms with Gasteiger partial charge in [-0.1, -0.05) is 0 Å². The average molecular weight is 650 g/mol. The fourth-order valence-electron chi connectivity index (χ4n) is 2.82. The number of hydrogen-bond donors (Lipinski definition) is 3. The van der Waals surface area contributed by atoms with Crippen molar-refractivity contribution in [2.75, 3.05) is 16.0 Å². The summed E-state index contributed by atoms with van der Waals surface area (Å²) in [6.45, 7) is 15.8. The van der Waals surface area contributed by atoms with E-state index in [4.69, 9.17) is 9.05 Å². The molecule has 3 aromatic rings. The zero-order valence-corrected chi connectivity index (χ0v) is 25.0. The van der Waals surface area contributed by atoms with Crippen molar-refractivity contribution in [2.45, 2.75) is 20.8 Å². The molecule has 0 bridgehead atoms. The molecular weight excluding hydrogens is 620 g/mol. The van der Waals surface area contributed by atoms with Gasteiger partial charge in [-0.05, 0) is 0 Å². The molecule has 0 saturated carbocycles. The number of carbonyl (C=O) groups excluding carboxylic acids is 3. The number of carbonyl (C=O) groups is 3. The summed E-state index contributed by atoms with van der Waals surface area (Å²) in [6.07, 6.45) is 0. The van der Waals surface area contributed by atoms with Crippen LogP contribution in [-0.2, 0) is 14.4 Å². The van der Waals surface area contributed by atoms with E-state index >= 15 is 0 Å². The molecule has 0 atom stereocenters. The van der Waals surface area contributed by atoms with Crippen LogP contribution in [0.25, 0.3) is 0 Å². The first kappa shape index (κ1) is 30.1. The van der Waals surface area contributed by atoms with Gasteiger partial charge in [-0.3, -0.25) is 0 Å². The Bertz CT molecular complexity index is 1240. The standard InChI is InChI=1S/3C10H11NO2.Sb/c3*1-7(2)10(13)11-8-3-5-9(12)6-4-8;/h3*3-6,12H,1H2,2H3,(H,11,13);/q;;;+3/p-3. The van der Waals surface area contributed by atoms with Gasteiger partial charge in [0.05, 0.1) is 0 Å². The van der Waals surface area contributed by atoms with Gasteiger partial charge in [0.2, 0.25) is 0 Å². The molecule has 0 aromatic heterocycles. The van der Waals surface area contributed by atoms with Gasteiger partial charge in [-0.2, -0.15) is 0 Å². The van der Waals surface area contributed by atoms with Crippen molar-refractivity contribution in [1.82, 2.24) is 0 Å². The Labute approximate surface area is 242 Å². The van der Waals surface area contributed by atoms with Gasteiger partial charge in [0.15, 0.2) is 0 Å². The summed E-state index contributed by atoms with van der Waals surface area (Å²) in [5.74, 6) is 0.648. The molecule has 0 heterocycles. The number of amides is 3. The van der Waals surface area contributed by atoms with Gasteiger partial charge in [0, 0.05) is 0 Å². The molecule has 3 aromatic carbocycles. The molecule has 0 aliphatic carbocycles. The van der Waals surface area contributed by atoms with E-state index in [-0.39, 0.29) is 17.7 Å². The average Bonchev–Trinajstić information content (AvgIpc) is 2.91. The van der Waals surface area contributed by atoms with Crippen molar-refractivity contribution in [3.63, 3.8) is 0 Å². The summed E-state index contributed by atoms with van der Waals surface area (Å²) in [5, 5.41) is 8.22. The second kappa shape index (κ2) is 14.1. The van der Waals surface area contributed by atoms with Crippen LogP contribution in [0, 0.1) is 0 Å². The molecule has 9 nitrogen and oxygen atoms in total. The van der Waals surface area contributed by atoms with Crippen LogP contribution in [0.3, 0.4) is 0 Å². The van der Waals surface area contributed by atoms with E-state index in [9.17, 15) is 14.4 Å². The number of hydrogen-bond acceptors (Lipinski definition) is 6. The van der Waals surface area contributed by atoms with Gasteiger partial charge in [0.25, 0.3) is 0 Å². The Morgan fingerprint density at radius 2 is 0.725 bits per heavy atom. The molecule has 0 fully saturated rings. The summed E-state index contributed by atoms with van der Waals surface area (Å²) in [4.78, 5) is 35.7. The van der Waals surface area contributed by atoms with Crippen molar-refractivity contribution in [3.05, 3.63) is 109 Å². The molecular formula is C30H30N3O6Sb. The molecule has 0 saturated heterocycles. The van der Waals surface area contributed by atoms with Crippen molar-refractivity contribution in [2.24, 2.45) is 0 Å². The van der Waals surface area contributed by atoms with Crippen LogP contribution in [-0.4, -0.2) is 39.2 Å². The van der Waals surface area contributed by atoms with Crippen LogP contribution in [0.4, 0.5) is 17.1 Å². The maximum atomic E-state index is 11.9. The predicted octanol–water partition coefficient (Wildman–Crippen LogP) is 5.75. The van der Waals surface area contributed by atoms with Gasteiger partial charge < -0.3 is 0 Å². The molecule has 0 aliphatic heterocycles. The molecule has 0 radical (unpaired) electrons. The first-order chi connectivity index (χ1) is 19.0. The number of rotatable bonds is 12. The van der Waals surface area contributed by atoms with Crippen LogP contribution in [0.5, 0.6) is 17.2 Å². The summed E-state index contributed by atoms with van der Waals surface area (Å²) >= 11 is -3.44. The Balaban J connectivity index is 1.76.